The molecule has 1 atom stereocenters. The summed E-state index contributed by atoms with van der Waals surface area (Å²) in [7, 11) is 1.92. The van der Waals surface area contributed by atoms with Crippen LogP contribution in [0, 0.1) is 0 Å². The van der Waals surface area contributed by atoms with Crippen molar-refractivity contribution in [3.8, 4) is 28.3 Å². The van der Waals surface area contributed by atoms with Crippen molar-refractivity contribution in [2.75, 3.05) is 25.6 Å². The molecule has 154 valence electrons. The van der Waals surface area contributed by atoms with Crippen molar-refractivity contribution in [1.29, 1.82) is 0 Å². The number of aromatic nitrogens is 2. The maximum atomic E-state index is 12.6. The van der Waals surface area contributed by atoms with Gasteiger partial charge in [-0.25, -0.2) is 4.79 Å². The molecule has 3 heterocycles. The highest BCUT2D eigenvalue weighted by molar-refractivity contribution is 5.74. The molecule has 1 N–H and O–H groups in total. The van der Waals surface area contributed by atoms with Crippen LogP contribution in [-0.4, -0.2) is 35.9 Å². The van der Waals surface area contributed by atoms with Crippen molar-refractivity contribution >= 4 is 5.69 Å². The van der Waals surface area contributed by atoms with Gasteiger partial charge in [0.1, 0.15) is 6.61 Å². The van der Waals surface area contributed by atoms with Gasteiger partial charge in [0.2, 0.25) is 5.88 Å². The van der Waals surface area contributed by atoms with E-state index in [-0.39, 0.29) is 11.8 Å². The first-order chi connectivity index (χ1) is 14.7. The van der Waals surface area contributed by atoms with E-state index < -0.39 is 0 Å². The van der Waals surface area contributed by atoms with E-state index in [1.807, 2.05) is 13.1 Å². The molecule has 1 saturated heterocycles. The number of benzene rings is 2. The Hall–Kier alpha value is -3.12. The van der Waals surface area contributed by atoms with Crippen molar-refractivity contribution < 1.29 is 9.47 Å². The Balaban J connectivity index is 1.45. The van der Waals surface area contributed by atoms with Gasteiger partial charge in [0, 0.05) is 37.5 Å². The molecule has 0 bridgehead atoms. The smallest absolute Gasteiger partial charge is 0.351 e. The highest BCUT2D eigenvalue weighted by Crippen LogP contribution is 2.33. The summed E-state index contributed by atoms with van der Waals surface area (Å²) in [5.41, 5.74) is 6.36. The number of aryl methyl sites for hydroxylation is 1. The van der Waals surface area contributed by atoms with Crippen LogP contribution in [0.25, 0.3) is 22.4 Å². The van der Waals surface area contributed by atoms with Crippen LogP contribution in [0.4, 0.5) is 5.69 Å². The average Bonchev–Trinajstić information content (AvgIpc) is 3.31. The number of rotatable bonds is 5. The second-order valence-corrected chi connectivity index (χ2v) is 7.81. The molecule has 6 heteroatoms. The van der Waals surface area contributed by atoms with E-state index in [0.29, 0.717) is 19.0 Å². The SMILES string of the molecule is CNc1ccc(-c2ccc3c(c2)CCn2c-3cc(OCC3CCCO3)nc2=O)cc1. The second kappa shape index (κ2) is 7.95. The first-order valence-electron chi connectivity index (χ1n) is 10.5. The Morgan fingerprint density at radius 1 is 1.17 bits per heavy atom. The Morgan fingerprint density at radius 2 is 2.00 bits per heavy atom. The molecular formula is C24H25N3O3. The Kier molecular flexibility index (Phi) is 5.01. The van der Waals surface area contributed by atoms with Crippen molar-refractivity contribution in [2.45, 2.75) is 31.9 Å². The van der Waals surface area contributed by atoms with Crippen molar-refractivity contribution in [2.24, 2.45) is 0 Å². The molecule has 2 aromatic carbocycles. The lowest BCUT2D eigenvalue weighted by Crippen LogP contribution is -2.29. The van der Waals surface area contributed by atoms with Gasteiger partial charge in [-0.1, -0.05) is 30.3 Å². The minimum absolute atomic E-state index is 0.0923. The van der Waals surface area contributed by atoms with E-state index in [0.717, 1.165) is 42.8 Å². The molecule has 0 amide bonds. The van der Waals surface area contributed by atoms with Crippen LogP contribution in [0.1, 0.15) is 18.4 Å². The predicted octanol–water partition coefficient (Wildman–Crippen LogP) is 3.73. The maximum Gasteiger partial charge on any atom is 0.351 e. The third kappa shape index (κ3) is 3.59. The standard InChI is InChI=1S/C24H25N3O3/c1-25-19-7-4-16(5-8-19)17-6-9-21-18(13-17)10-11-27-22(21)14-23(26-24(27)28)30-15-20-3-2-12-29-20/h4-9,13-14,20,25H,2-3,10-12,15H2,1H3. The molecule has 2 aliphatic rings. The number of nitrogens with one attached hydrogen (secondary N) is 1. The Morgan fingerprint density at radius 3 is 2.77 bits per heavy atom. The molecule has 1 fully saturated rings. The topological polar surface area (TPSA) is 65.4 Å². The zero-order chi connectivity index (χ0) is 20.5. The summed E-state index contributed by atoms with van der Waals surface area (Å²) in [6.45, 7) is 1.84. The summed E-state index contributed by atoms with van der Waals surface area (Å²) in [5.74, 6) is 0.376. The molecule has 6 nitrogen and oxygen atoms in total. The minimum atomic E-state index is -0.257. The third-order valence-electron chi connectivity index (χ3n) is 5.92. The van der Waals surface area contributed by atoms with Crippen LogP contribution in [-0.2, 0) is 17.7 Å². The van der Waals surface area contributed by atoms with Gasteiger partial charge in [-0.15, -0.1) is 0 Å². The Bertz CT molecular complexity index is 1120. The van der Waals surface area contributed by atoms with Crippen molar-refractivity contribution in [3.63, 3.8) is 0 Å². The van der Waals surface area contributed by atoms with Gasteiger partial charge < -0.3 is 14.8 Å². The molecule has 0 aliphatic carbocycles. The zero-order valence-electron chi connectivity index (χ0n) is 17.1. The number of fused-ring (bicyclic) bond motifs is 3. The molecule has 0 saturated carbocycles. The normalized spacial score (nSPS) is 17.3. The zero-order valence-corrected chi connectivity index (χ0v) is 17.1. The lowest BCUT2D eigenvalue weighted by Gasteiger charge is -2.22. The number of anilines is 1. The van der Waals surface area contributed by atoms with Gasteiger partial charge >= 0.3 is 5.69 Å². The van der Waals surface area contributed by atoms with Crippen LogP contribution in [0.3, 0.4) is 0 Å². The van der Waals surface area contributed by atoms with Crippen LogP contribution < -0.4 is 15.7 Å². The highest BCUT2D eigenvalue weighted by atomic mass is 16.5. The lowest BCUT2D eigenvalue weighted by atomic mass is 9.93. The van der Waals surface area contributed by atoms with Gasteiger partial charge in [-0.05, 0) is 48.1 Å². The van der Waals surface area contributed by atoms with Crippen LogP contribution in [0.2, 0.25) is 0 Å². The van der Waals surface area contributed by atoms with Gasteiger partial charge in [-0.2, -0.15) is 4.98 Å². The highest BCUT2D eigenvalue weighted by Gasteiger charge is 2.21. The fraction of sp³-hybridized carbons (Fsp3) is 0.333. The molecular weight excluding hydrogens is 378 g/mol. The number of hydrogen-bond acceptors (Lipinski definition) is 5. The molecule has 5 rings (SSSR count). The second-order valence-electron chi connectivity index (χ2n) is 7.81. The number of nitrogens with zero attached hydrogens (tertiary/aromatic N) is 2. The van der Waals surface area contributed by atoms with Gasteiger partial charge in [-0.3, -0.25) is 4.57 Å². The summed E-state index contributed by atoms with van der Waals surface area (Å²) >= 11 is 0. The molecule has 1 unspecified atom stereocenters. The van der Waals surface area contributed by atoms with Crippen LogP contribution in [0.5, 0.6) is 5.88 Å². The molecule has 2 aliphatic heterocycles. The van der Waals surface area contributed by atoms with Gasteiger partial charge in [0.15, 0.2) is 0 Å². The van der Waals surface area contributed by atoms with E-state index in [4.69, 9.17) is 9.47 Å². The third-order valence-corrected chi connectivity index (χ3v) is 5.92. The predicted molar refractivity (Wildman–Crippen MR) is 117 cm³/mol. The largest absolute Gasteiger partial charge is 0.475 e. The Labute approximate surface area is 175 Å². The fourth-order valence-electron chi connectivity index (χ4n) is 4.24. The summed E-state index contributed by atoms with van der Waals surface area (Å²) in [6.07, 6.45) is 2.95. The molecule has 30 heavy (non-hydrogen) atoms. The van der Waals surface area contributed by atoms with Gasteiger partial charge in [0.05, 0.1) is 11.8 Å². The summed E-state index contributed by atoms with van der Waals surface area (Å²) in [5, 5.41) is 3.15. The molecule has 1 aromatic heterocycles. The van der Waals surface area contributed by atoms with E-state index in [9.17, 15) is 4.79 Å². The average molecular weight is 403 g/mol. The summed E-state index contributed by atoms with van der Waals surface area (Å²) < 4.78 is 13.2. The van der Waals surface area contributed by atoms with E-state index in [1.54, 1.807) is 4.57 Å². The first kappa shape index (κ1) is 18.9. The van der Waals surface area contributed by atoms with E-state index in [2.05, 4.69) is 52.8 Å². The van der Waals surface area contributed by atoms with Crippen LogP contribution >= 0.6 is 0 Å². The maximum absolute atomic E-state index is 12.6. The summed E-state index contributed by atoms with van der Waals surface area (Å²) in [6, 6.07) is 16.7. The van der Waals surface area contributed by atoms with Crippen molar-refractivity contribution in [3.05, 3.63) is 64.6 Å². The van der Waals surface area contributed by atoms with Gasteiger partial charge in [0.25, 0.3) is 0 Å². The first-order valence-corrected chi connectivity index (χ1v) is 10.5. The monoisotopic (exact) mass is 403 g/mol. The van der Waals surface area contributed by atoms with Crippen LogP contribution in [0.15, 0.2) is 53.3 Å². The number of ether oxygens (including phenoxy) is 2. The van der Waals surface area contributed by atoms with E-state index in [1.165, 1.54) is 16.7 Å². The molecule has 3 aromatic rings. The lowest BCUT2D eigenvalue weighted by molar-refractivity contribution is 0.0661. The molecule has 0 radical (unpaired) electrons. The summed E-state index contributed by atoms with van der Waals surface area (Å²) in [4.78, 5) is 16.7. The number of hydrogen-bond donors (Lipinski definition) is 1. The minimum Gasteiger partial charge on any atom is -0.475 e. The van der Waals surface area contributed by atoms with E-state index >= 15 is 0 Å². The van der Waals surface area contributed by atoms with Crippen molar-refractivity contribution in [1.82, 2.24) is 9.55 Å². The molecule has 0 spiro atoms. The fourth-order valence-corrected chi connectivity index (χ4v) is 4.24. The quantitative estimate of drug-likeness (QED) is 0.703.